The molecule has 0 unspecified atom stereocenters. The zero-order chi connectivity index (χ0) is 21.2. The average molecular weight is 404 g/mol. The van der Waals surface area contributed by atoms with Crippen molar-refractivity contribution in [2.24, 2.45) is 0 Å². The molecule has 7 nitrogen and oxygen atoms in total. The van der Waals surface area contributed by atoms with Crippen molar-refractivity contribution in [3.8, 4) is 5.75 Å². The van der Waals surface area contributed by atoms with Crippen LogP contribution in [0.15, 0.2) is 79.1 Å². The third kappa shape index (κ3) is 6.63. The molecule has 154 valence electrons. The van der Waals surface area contributed by atoms with Crippen LogP contribution < -0.4 is 20.7 Å². The second kappa shape index (κ2) is 10.6. The van der Waals surface area contributed by atoms with Crippen LogP contribution in [0.2, 0.25) is 0 Å². The summed E-state index contributed by atoms with van der Waals surface area (Å²) in [5.41, 5.74) is 2.53. The predicted octanol–water partition coefficient (Wildman–Crippen LogP) is 3.66. The van der Waals surface area contributed by atoms with Gasteiger partial charge < -0.3 is 20.7 Å². The van der Waals surface area contributed by atoms with E-state index in [-0.39, 0.29) is 18.0 Å². The lowest BCUT2D eigenvalue weighted by Crippen LogP contribution is -2.30. The maximum Gasteiger partial charge on any atom is 0.319 e. The van der Waals surface area contributed by atoms with Crippen molar-refractivity contribution in [1.82, 2.24) is 15.6 Å². The standard InChI is InChI=1S/C23H24N4O3/c1-17(28)26-22(19-7-3-2-4-8-19)16-30-21-11-9-20(10-12-21)27-23(29)25-15-18-6-5-13-24-14-18/h2-14,22H,15-16H2,1H3,(H,26,28)(H2,25,27,29)/t22-/m0/s1. The first-order valence-corrected chi connectivity index (χ1v) is 9.59. The van der Waals surface area contributed by atoms with Gasteiger partial charge in [-0.2, -0.15) is 0 Å². The van der Waals surface area contributed by atoms with Gasteiger partial charge in [0.2, 0.25) is 5.91 Å². The lowest BCUT2D eigenvalue weighted by atomic mass is 10.1. The third-order valence-electron chi connectivity index (χ3n) is 4.28. The van der Waals surface area contributed by atoms with Gasteiger partial charge in [-0.3, -0.25) is 9.78 Å². The molecule has 0 aliphatic rings. The predicted molar refractivity (Wildman–Crippen MR) is 115 cm³/mol. The number of carbonyl (C=O) groups excluding carboxylic acids is 2. The van der Waals surface area contributed by atoms with E-state index in [1.54, 1.807) is 36.7 Å². The summed E-state index contributed by atoms with van der Waals surface area (Å²) in [4.78, 5) is 27.6. The number of carbonyl (C=O) groups is 2. The number of hydrogen-bond donors (Lipinski definition) is 3. The normalized spacial score (nSPS) is 11.2. The van der Waals surface area contributed by atoms with E-state index in [4.69, 9.17) is 4.74 Å². The lowest BCUT2D eigenvalue weighted by molar-refractivity contribution is -0.119. The number of anilines is 1. The maximum absolute atomic E-state index is 12.0. The molecule has 30 heavy (non-hydrogen) atoms. The first kappa shape index (κ1) is 20.9. The molecule has 1 atom stereocenters. The van der Waals surface area contributed by atoms with Crippen LogP contribution >= 0.6 is 0 Å². The minimum atomic E-state index is -0.303. The molecule has 3 N–H and O–H groups in total. The molecule has 2 aromatic carbocycles. The second-order valence-electron chi connectivity index (χ2n) is 6.67. The van der Waals surface area contributed by atoms with Gasteiger partial charge in [0.15, 0.2) is 0 Å². The molecular formula is C23H24N4O3. The van der Waals surface area contributed by atoms with Crippen LogP contribution in [0.4, 0.5) is 10.5 Å². The van der Waals surface area contributed by atoms with Gasteiger partial charge in [0, 0.05) is 31.5 Å². The number of pyridine rings is 1. The Bertz CT molecular complexity index is 947. The summed E-state index contributed by atoms with van der Waals surface area (Å²) in [5, 5.41) is 8.45. The Hall–Kier alpha value is -3.87. The van der Waals surface area contributed by atoms with Gasteiger partial charge in [0.1, 0.15) is 12.4 Å². The topological polar surface area (TPSA) is 92.4 Å². The van der Waals surface area contributed by atoms with E-state index in [0.29, 0.717) is 24.6 Å². The smallest absolute Gasteiger partial charge is 0.319 e. The zero-order valence-corrected chi connectivity index (χ0v) is 16.7. The summed E-state index contributed by atoms with van der Waals surface area (Å²) in [6.45, 7) is 2.17. The second-order valence-corrected chi connectivity index (χ2v) is 6.67. The monoisotopic (exact) mass is 404 g/mol. The van der Waals surface area contributed by atoms with Gasteiger partial charge >= 0.3 is 6.03 Å². The molecule has 0 spiro atoms. The van der Waals surface area contributed by atoms with E-state index in [1.165, 1.54) is 6.92 Å². The molecule has 0 fully saturated rings. The van der Waals surface area contributed by atoms with Crippen LogP contribution in [0.25, 0.3) is 0 Å². The van der Waals surface area contributed by atoms with Gasteiger partial charge in [-0.1, -0.05) is 36.4 Å². The minimum Gasteiger partial charge on any atom is -0.491 e. The molecular weight excluding hydrogens is 380 g/mol. The highest BCUT2D eigenvalue weighted by Gasteiger charge is 2.13. The Morgan fingerprint density at radius 3 is 2.43 bits per heavy atom. The van der Waals surface area contributed by atoms with E-state index >= 15 is 0 Å². The summed E-state index contributed by atoms with van der Waals surface area (Å²) in [6.07, 6.45) is 3.39. The highest BCUT2D eigenvalue weighted by molar-refractivity contribution is 5.89. The van der Waals surface area contributed by atoms with Gasteiger partial charge in [0.05, 0.1) is 6.04 Å². The first-order chi connectivity index (χ1) is 14.6. The Morgan fingerprint density at radius 2 is 1.77 bits per heavy atom. The van der Waals surface area contributed by atoms with Crippen LogP contribution in [-0.4, -0.2) is 23.5 Å². The van der Waals surface area contributed by atoms with E-state index in [0.717, 1.165) is 11.1 Å². The number of ether oxygens (including phenoxy) is 1. The summed E-state index contributed by atoms with van der Waals surface area (Å²) < 4.78 is 5.84. The van der Waals surface area contributed by atoms with Crippen molar-refractivity contribution in [2.75, 3.05) is 11.9 Å². The summed E-state index contributed by atoms with van der Waals surface area (Å²) >= 11 is 0. The van der Waals surface area contributed by atoms with Gasteiger partial charge in [-0.05, 0) is 41.5 Å². The Labute approximate surface area is 175 Å². The Balaban J connectivity index is 1.50. The van der Waals surface area contributed by atoms with Crippen LogP contribution in [0, 0.1) is 0 Å². The molecule has 7 heteroatoms. The largest absolute Gasteiger partial charge is 0.491 e. The number of nitrogens with zero attached hydrogens (tertiary/aromatic N) is 1. The molecule has 0 radical (unpaired) electrons. The zero-order valence-electron chi connectivity index (χ0n) is 16.7. The van der Waals surface area contributed by atoms with Crippen LogP contribution in [0.5, 0.6) is 5.75 Å². The Morgan fingerprint density at radius 1 is 1.00 bits per heavy atom. The van der Waals surface area contributed by atoms with Crippen molar-refractivity contribution in [3.63, 3.8) is 0 Å². The van der Waals surface area contributed by atoms with E-state index in [2.05, 4.69) is 20.9 Å². The van der Waals surface area contributed by atoms with E-state index < -0.39 is 0 Å². The maximum atomic E-state index is 12.0. The van der Waals surface area contributed by atoms with E-state index in [1.807, 2.05) is 42.5 Å². The fraction of sp³-hybridized carbons (Fsp3) is 0.174. The van der Waals surface area contributed by atoms with Crippen molar-refractivity contribution < 1.29 is 14.3 Å². The number of aromatic nitrogens is 1. The summed E-state index contributed by atoms with van der Waals surface area (Å²) in [5.74, 6) is 0.520. The first-order valence-electron chi connectivity index (χ1n) is 9.59. The van der Waals surface area contributed by atoms with Crippen LogP contribution in [0.1, 0.15) is 24.1 Å². The van der Waals surface area contributed by atoms with Gasteiger partial charge in [-0.25, -0.2) is 4.79 Å². The van der Waals surface area contributed by atoms with Crippen LogP contribution in [0.3, 0.4) is 0 Å². The molecule has 3 rings (SSSR count). The number of rotatable bonds is 8. The number of urea groups is 1. The summed E-state index contributed by atoms with van der Waals surface area (Å²) in [6, 6.07) is 19.9. The molecule has 3 aromatic rings. The highest BCUT2D eigenvalue weighted by Crippen LogP contribution is 2.19. The lowest BCUT2D eigenvalue weighted by Gasteiger charge is -2.19. The van der Waals surface area contributed by atoms with Crippen molar-refractivity contribution in [3.05, 3.63) is 90.3 Å². The summed E-state index contributed by atoms with van der Waals surface area (Å²) in [7, 11) is 0. The third-order valence-corrected chi connectivity index (χ3v) is 4.28. The fourth-order valence-electron chi connectivity index (χ4n) is 2.83. The average Bonchev–Trinajstić information content (AvgIpc) is 2.77. The van der Waals surface area contributed by atoms with Crippen molar-refractivity contribution >= 4 is 17.6 Å². The molecule has 1 heterocycles. The molecule has 1 aromatic heterocycles. The minimum absolute atomic E-state index is 0.121. The fourth-order valence-corrected chi connectivity index (χ4v) is 2.83. The van der Waals surface area contributed by atoms with E-state index in [9.17, 15) is 9.59 Å². The molecule has 0 aliphatic carbocycles. The number of hydrogen-bond acceptors (Lipinski definition) is 4. The van der Waals surface area contributed by atoms with Gasteiger partial charge in [-0.15, -0.1) is 0 Å². The number of nitrogens with one attached hydrogen (secondary N) is 3. The molecule has 3 amide bonds. The number of benzene rings is 2. The molecule has 0 saturated heterocycles. The quantitative estimate of drug-likeness (QED) is 0.534. The number of amides is 3. The molecule has 0 aliphatic heterocycles. The molecule has 0 bridgehead atoms. The van der Waals surface area contributed by atoms with Crippen molar-refractivity contribution in [1.29, 1.82) is 0 Å². The SMILES string of the molecule is CC(=O)N[C@@H](COc1ccc(NC(=O)NCc2cccnc2)cc1)c1ccccc1. The molecule has 0 saturated carbocycles. The highest BCUT2D eigenvalue weighted by atomic mass is 16.5. The van der Waals surface area contributed by atoms with Gasteiger partial charge in [0.25, 0.3) is 0 Å². The Kier molecular flexibility index (Phi) is 7.38. The van der Waals surface area contributed by atoms with Crippen molar-refractivity contribution in [2.45, 2.75) is 19.5 Å². The van der Waals surface area contributed by atoms with Crippen LogP contribution in [-0.2, 0) is 11.3 Å².